The van der Waals surface area contributed by atoms with E-state index in [9.17, 15) is 0 Å². The second-order valence-electron chi connectivity index (χ2n) is 4.28. The molecule has 0 bridgehead atoms. The number of hydrogen-bond donors (Lipinski definition) is 0. The van der Waals surface area contributed by atoms with E-state index in [2.05, 4.69) is 0 Å². The zero-order valence-electron chi connectivity index (χ0n) is 11.6. The molecular formula is C16H18O4. The Kier molecular flexibility index (Phi) is 5.26. The summed E-state index contributed by atoms with van der Waals surface area (Å²) in [6.45, 7) is 0. The Hall–Kier alpha value is -1.72. The summed E-state index contributed by atoms with van der Waals surface area (Å²) in [7, 11) is 2.89. The molecule has 0 unspecified atom stereocenters. The van der Waals surface area contributed by atoms with Crippen LogP contribution in [0.4, 0.5) is 0 Å². The molecule has 0 saturated heterocycles. The average molecular weight is 274 g/mol. The van der Waals surface area contributed by atoms with E-state index in [-0.39, 0.29) is 0 Å². The summed E-state index contributed by atoms with van der Waals surface area (Å²) in [6, 6.07) is 19.4. The highest BCUT2D eigenvalue weighted by molar-refractivity contribution is 5.25. The molecule has 0 spiro atoms. The second kappa shape index (κ2) is 7.17. The van der Waals surface area contributed by atoms with Crippen LogP contribution in [0.15, 0.2) is 60.7 Å². The van der Waals surface area contributed by atoms with Gasteiger partial charge < -0.3 is 0 Å². The van der Waals surface area contributed by atoms with Crippen LogP contribution in [0.1, 0.15) is 11.1 Å². The first-order chi connectivity index (χ1) is 9.80. The third-order valence-electron chi connectivity index (χ3n) is 2.93. The van der Waals surface area contributed by atoms with E-state index < -0.39 is 5.79 Å². The van der Waals surface area contributed by atoms with Crippen LogP contribution in [0.2, 0.25) is 0 Å². The Morgan fingerprint density at radius 2 is 1.25 bits per heavy atom. The van der Waals surface area contributed by atoms with Gasteiger partial charge >= 0.3 is 0 Å². The minimum atomic E-state index is -1.15. The van der Waals surface area contributed by atoms with Crippen molar-refractivity contribution in [1.82, 2.24) is 0 Å². The molecule has 0 radical (unpaired) electrons. The first kappa shape index (κ1) is 14.7. The summed E-state index contributed by atoms with van der Waals surface area (Å²) in [4.78, 5) is 20.6. The van der Waals surface area contributed by atoms with Crippen LogP contribution in [0, 0.1) is 0 Å². The largest absolute Gasteiger partial charge is 0.262 e. The monoisotopic (exact) mass is 274 g/mol. The summed E-state index contributed by atoms with van der Waals surface area (Å²) in [5, 5.41) is 0. The maximum Gasteiger partial charge on any atom is 0.262 e. The van der Waals surface area contributed by atoms with Crippen molar-refractivity contribution in [3.63, 3.8) is 0 Å². The van der Waals surface area contributed by atoms with Gasteiger partial charge in [0, 0.05) is 12.0 Å². The first-order valence-electron chi connectivity index (χ1n) is 6.34. The van der Waals surface area contributed by atoms with E-state index in [1.165, 1.54) is 14.2 Å². The summed E-state index contributed by atoms with van der Waals surface area (Å²) < 4.78 is 0. The van der Waals surface area contributed by atoms with Gasteiger partial charge in [0.05, 0.1) is 14.2 Å². The third-order valence-corrected chi connectivity index (χ3v) is 2.93. The van der Waals surface area contributed by atoms with Crippen LogP contribution in [-0.2, 0) is 31.8 Å². The molecule has 2 rings (SSSR count). The highest BCUT2D eigenvalue weighted by Gasteiger charge is 2.38. The molecule has 106 valence electrons. The molecule has 4 nitrogen and oxygen atoms in total. The lowest BCUT2D eigenvalue weighted by atomic mass is 9.98. The van der Waals surface area contributed by atoms with Crippen LogP contribution in [0.3, 0.4) is 0 Å². The highest BCUT2D eigenvalue weighted by atomic mass is 17.3. The topological polar surface area (TPSA) is 36.9 Å². The zero-order chi connectivity index (χ0) is 14.3. The quantitative estimate of drug-likeness (QED) is 0.441. The molecular weight excluding hydrogens is 256 g/mol. The van der Waals surface area contributed by atoms with Gasteiger partial charge in [-0.3, -0.25) is 0 Å². The smallest absolute Gasteiger partial charge is 0.237 e. The molecule has 0 aliphatic carbocycles. The fraction of sp³-hybridized carbons (Fsp3) is 0.250. The minimum Gasteiger partial charge on any atom is -0.237 e. The normalized spacial score (nSPS) is 11.5. The van der Waals surface area contributed by atoms with Gasteiger partial charge in [-0.1, -0.05) is 60.7 Å². The van der Waals surface area contributed by atoms with Crippen molar-refractivity contribution in [2.45, 2.75) is 12.2 Å². The van der Waals surface area contributed by atoms with Crippen LogP contribution < -0.4 is 0 Å². The summed E-state index contributed by atoms with van der Waals surface area (Å²) in [6.07, 6.45) is 0.458. The first-order valence-corrected chi connectivity index (χ1v) is 6.34. The lowest BCUT2D eigenvalue weighted by Crippen LogP contribution is -2.35. The fourth-order valence-corrected chi connectivity index (χ4v) is 2.10. The molecule has 0 atom stereocenters. The standard InChI is InChI=1S/C16H18O4/c1-17-19-16(20-18-2,15-11-7-4-8-12-15)13-14-9-5-3-6-10-14/h3-12H,13H2,1-2H3. The summed E-state index contributed by atoms with van der Waals surface area (Å²) in [5.41, 5.74) is 1.86. The molecule has 0 saturated carbocycles. The maximum atomic E-state index is 5.41. The average Bonchev–Trinajstić information content (AvgIpc) is 2.49. The molecule has 2 aromatic carbocycles. The second-order valence-corrected chi connectivity index (χ2v) is 4.28. The van der Waals surface area contributed by atoms with Crippen LogP contribution in [0.25, 0.3) is 0 Å². The highest BCUT2D eigenvalue weighted by Crippen LogP contribution is 2.31. The van der Waals surface area contributed by atoms with Crippen molar-refractivity contribution in [2.24, 2.45) is 0 Å². The van der Waals surface area contributed by atoms with E-state index in [0.29, 0.717) is 6.42 Å². The van der Waals surface area contributed by atoms with Crippen LogP contribution in [0.5, 0.6) is 0 Å². The Morgan fingerprint density at radius 3 is 1.75 bits per heavy atom. The Labute approximate surface area is 118 Å². The van der Waals surface area contributed by atoms with Gasteiger partial charge in [0.1, 0.15) is 0 Å². The molecule has 0 N–H and O–H groups in total. The SMILES string of the molecule is COOC(Cc1ccccc1)(OOC)c1ccccc1. The van der Waals surface area contributed by atoms with Gasteiger partial charge in [-0.05, 0) is 5.56 Å². The van der Waals surface area contributed by atoms with Crippen molar-refractivity contribution in [3.05, 3.63) is 71.8 Å². The van der Waals surface area contributed by atoms with Crippen molar-refractivity contribution in [1.29, 1.82) is 0 Å². The Morgan fingerprint density at radius 1 is 0.750 bits per heavy atom. The van der Waals surface area contributed by atoms with Gasteiger partial charge in [-0.15, -0.1) is 0 Å². The molecule has 0 fully saturated rings. The number of benzene rings is 2. The van der Waals surface area contributed by atoms with Gasteiger partial charge in [-0.2, -0.15) is 9.78 Å². The number of rotatable bonds is 7. The lowest BCUT2D eigenvalue weighted by Gasteiger charge is -2.30. The predicted molar refractivity (Wildman–Crippen MR) is 74.5 cm³/mol. The van der Waals surface area contributed by atoms with E-state index in [4.69, 9.17) is 19.6 Å². The predicted octanol–water partition coefficient (Wildman–Crippen LogP) is 3.24. The molecule has 0 aliphatic rings. The maximum absolute atomic E-state index is 5.41. The molecule has 4 heteroatoms. The van der Waals surface area contributed by atoms with Gasteiger partial charge in [0.2, 0.25) is 0 Å². The van der Waals surface area contributed by atoms with Crippen molar-refractivity contribution < 1.29 is 19.6 Å². The lowest BCUT2D eigenvalue weighted by molar-refractivity contribution is -0.508. The van der Waals surface area contributed by atoms with E-state index in [1.54, 1.807) is 0 Å². The fourth-order valence-electron chi connectivity index (χ4n) is 2.10. The molecule has 2 aromatic rings. The van der Waals surface area contributed by atoms with E-state index in [1.807, 2.05) is 60.7 Å². The van der Waals surface area contributed by atoms with Crippen molar-refractivity contribution >= 4 is 0 Å². The summed E-state index contributed by atoms with van der Waals surface area (Å²) >= 11 is 0. The van der Waals surface area contributed by atoms with Gasteiger partial charge in [0.25, 0.3) is 5.79 Å². The molecule has 0 heterocycles. The van der Waals surface area contributed by atoms with Crippen molar-refractivity contribution in [3.8, 4) is 0 Å². The van der Waals surface area contributed by atoms with Crippen LogP contribution in [-0.4, -0.2) is 14.2 Å². The van der Waals surface area contributed by atoms with Gasteiger partial charge in [0.15, 0.2) is 0 Å². The molecule has 20 heavy (non-hydrogen) atoms. The van der Waals surface area contributed by atoms with E-state index in [0.717, 1.165) is 11.1 Å². The van der Waals surface area contributed by atoms with E-state index >= 15 is 0 Å². The molecule has 0 amide bonds. The van der Waals surface area contributed by atoms with Crippen molar-refractivity contribution in [2.75, 3.05) is 14.2 Å². The van der Waals surface area contributed by atoms with Crippen LogP contribution >= 0.6 is 0 Å². The Balaban J connectivity index is 2.36. The van der Waals surface area contributed by atoms with Gasteiger partial charge in [-0.25, -0.2) is 9.78 Å². The minimum absolute atomic E-state index is 0.458. The third kappa shape index (κ3) is 3.43. The summed E-state index contributed by atoms with van der Waals surface area (Å²) in [5.74, 6) is -1.15. The molecule has 0 aromatic heterocycles. The molecule has 0 aliphatic heterocycles. The Bertz CT molecular complexity index is 492. The number of hydrogen-bond acceptors (Lipinski definition) is 4. The zero-order valence-corrected chi connectivity index (χ0v) is 11.6.